The van der Waals surface area contributed by atoms with Crippen LogP contribution >= 0.6 is 0 Å². The number of fused-ring (bicyclic) bond motifs is 1. The molecule has 2 aliphatic heterocycles. The number of halogens is 3. The Labute approximate surface area is 229 Å². The second kappa shape index (κ2) is 14.7. The van der Waals surface area contributed by atoms with Gasteiger partial charge < -0.3 is 19.7 Å². The van der Waals surface area contributed by atoms with Gasteiger partial charge in [0.25, 0.3) is 0 Å². The number of benzene rings is 1. The van der Waals surface area contributed by atoms with Crippen molar-refractivity contribution in [2.45, 2.75) is 104 Å². The molecule has 1 aromatic rings. The second-order valence-electron chi connectivity index (χ2n) is 10.5. The van der Waals surface area contributed by atoms with E-state index in [1.807, 2.05) is 20.8 Å². The lowest BCUT2D eigenvalue weighted by atomic mass is 9.85. The zero-order chi connectivity index (χ0) is 28.5. The van der Waals surface area contributed by atoms with Crippen molar-refractivity contribution >= 4 is 22.6 Å². The van der Waals surface area contributed by atoms with Gasteiger partial charge in [0.15, 0.2) is 0 Å². The lowest BCUT2D eigenvalue weighted by molar-refractivity contribution is -0.142. The van der Waals surface area contributed by atoms with E-state index in [4.69, 9.17) is 4.74 Å². The van der Waals surface area contributed by atoms with E-state index in [0.29, 0.717) is 30.1 Å². The molecule has 1 amide bonds. The monoisotopic (exact) mass is 561 g/mol. The van der Waals surface area contributed by atoms with Crippen molar-refractivity contribution in [1.82, 2.24) is 10.2 Å². The summed E-state index contributed by atoms with van der Waals surface area (Å²) in [5.41, 5.74) is 0.0964. The molecular weight excluding hydrogens is 515 g/mol. The van der Waals surface area contributed by atoms with Gasteiger partial charge in [-0.25, -0.2) is 4.21 Å². The quantitative estimate of drug-likeness (QED) is 0.458. The van der Waals surface area contributed by atoms with Crippen LogP contribution in [0.4, 0.5) is 18.9 Å². The van der Waals surface area contributed by atoms with Crippen molar-refractivity contribution < 1.29 is 26.9 Å². The zero-order valence-electron chi connectivity index (χ0n) is 23.8. The van der Waals surface area contributed by atoms with Crippen LogP contribution in [-0.4, -0.2) is 53.1 Å². The Bertz CT molecular complexity index is 938. The Morgan fingerprint density at radius 2 is 1.79 bits per heavy atom. The highest BCUT2D eigenvalue weighted by Gasteiger charge is 2.44. The molecule has 1 aliphatic carbocycles. The summed E-state index contributed by atoms with van der Waals surface area (Å²) in [4.78, 5) is 15.2. The van der Waals surface area contributed by atoms with E-state index in [1.54, 1.807) is 4.90 Å². The van der Waals surface area contributed by atoms with E-state index >= 15 is 0 Å². The van der Waals surface area contributed by atoms with Gasteiger partial charge in [0.1, 0.15) is 11.0 Å². The summed E-state index contributed by atoms with van der Waals surface area (Å²) in [6, 6.07) is 2.83. The van der Waals surface area contributed by atoms with Crippen LogP contribution in [0.3, 0.4) is 0 Å². The Balaban J connectivity index is 0.000000947. The number of nitrogens with one attached hydrogen (secondary N) is 2. The summed E-state index contributed by atoms with van der Waals surface area (Å²) in [5, 5.41) is 3.68. The maximum atomic E-state index is 13.5. The molecule has 2 N–H and O–H groups in total. The molecule has 2 fully saturated rings. The van der Waals surface area contributed by atoms with Gasteiger partial charge in [0, 0.05) is 50.1 Å². The molecule has 0 bridgehead atoms. The van der Waals surface area contributed by atoms with Crippen LogP contribution in [0.2, 0.25) is 0 Å². The maximum Gasteiger partial charge on any atom is 0.416 e. The number of anilines is 1. The normalized spacial score (nSPS) is 24.3. The van der Waals surface area contributed by atoms with E-state index in [1.165, 1.54) is 12.7 Å². The molecule has 6 nitrogen and oxygen atoms in total. The molecule has 0 spiro atoms. The van der Waals surface area contributed by atoms with Gasteiger partial charge >= 0.3 is 6.18 Å². The molecule has 4 rings (SSSR count). The van der Waals surface area contributed by atoms with Crippen LogP contribution in [0.25, 0.3) is 0 Å². The number of ether oxygens (including phenoxy) is 1. The van der Waals surface area contributed by atoms with E-state index in [2.05, 4.69) is 23.9 Å². The van der Waals surface area contributed by atoms with Gasteiger partial charge in [-0.3, -0.25) is 4.79 Å². The molecule has 38 heavy (non-hydrogen) atoms. The van der Waals surface area contributed by atoms with Crippen molar-refractivity contribution in [3.63, 3.8) is 0 Å². The van der Waals surface area contributed by atoms with Crippen molar-refractivity contribution in [1.29, 1.82) is 0 Å². The highest BCUT2D eigenvalue weighted by atomic mass is 32.2. The molecule has 218 valence electrons. The summed E-state index contributed by atoms with van der Waals surface area (Å²) in [5.74, 6) is 0.00964. The molecule has 2 heterocycles. The van der Waals surface area contributed by atoms with Crippen LogP contribution in [0.1, 0.15) is 89.8 Å². The SMILES string of the molecule is CC.CCC.CS(=O)Nc1cc(C(F)(F)F)cc2c1CCN(C(=O)C1(C)CCC(NC3CCOCC3)C1)C2. The second-order valence-corrected chi connectivity index (χ2v) is 11.6. The summed E-state index contributed by atoms with van der Waals surface area (Å²) in [6.07, 6.45) is 2.91. The predicted molar refractivity (Wildman–Crippen MR) is 148 cm³/mol. The summed E-state index contributed by atoms with van der Waals surface area (Å²) in [6.45, 7) is 12.3. The minimum absolute atomic E-state index is 0.00964. The zero-order valence-corrected chi connectivity index (χ0v) is 24.6. The number of hydrogen-bond donors (Lipinski definition) is 2. The number of carbonyl (C=O) groups is 1. The first-order chi connectivity index (χ1) is 18.0. The number of rotatable bonds is 5. The fourth-order valence-corrected chi connectivity index (χ4v) is 5.93. The highest BCUT2D eigenvalue weighted by molar-refractivity contribution is 7.85. The van der Waals surface area contributed by atoms with E-state index in [9.17, 15) is 22.2 Å². The number of alkyl halides is 3. The van der Waals surface area contributed by atoms with Crippen molar-refractivity contribution in [3.05, 3.63) is 28.8 Å². The molecule has 1 aromatic carbocycles. The molecule has 1 saturated heterocycles. The Morgan fingerprint density at radius 3 is 2.37 bits per heavy atom. The largest absolute Gasteiger partial charge is 0.416 e. The number of nitrogens with zero attached hydrogens (tertiary/aromatic N) is 1. The lowest BCUT2D eigenvalue weighted by Crippen LogP contribution is -2.45. The number of carbonyl (C=O) groups excluding carboxylic acids is 1. The standard InChI is InChI=1S/C23H32F3N3O3S.C3H8.C2H6/c1-22(7-3-18(13-22)27-17-5-9-32-10-6-17)21(30)29-8-4-19-15(14-29)11-16(23(24,25)26)12-20(19)28-33(2)31;1-3-2;1-2/h11-12,17-18,27-28H,3-10,13-14H2,1-2H3;3H2,1-2H3;1-2H3. The first-order valence-corrected chi connectivity index (χ1v) is 15.5. The van der Waals surface area contributed by atoms with Crippen molar-refractivity contribution in [2.24, 2.45) is 5.41 Å². The first kappa shape index (κ1) is 32.6. The third-order valence-corrected chi connectivity index (χ3v) is 7.66. The van der Waals surface area contributed by atoms with Gasteiger partial charge in [0.2, 0.25) is 5.91 Å². The lowest BCUT2D eigenvalue weighted by Gasteiger charge is -2.36. The average Bonchev–Trinajstić information content (AvgIpc) is 3.26. The predicted octanol–water partition coefficient (Wildman–Crippen LogP) is 6.07. The molecule has 3 unspecified atom stereocenters. The highest BCUT2D eigenvalue weighted by Crippen LogP contribution is 2.42. The number of amides is 1. The van der Waals surface area contributed by atoms with Crippen LogP contribution in [0.15, 0.2) is 12.1 Å². The summed E-state index contributed by atoms with van der Waals surface area (Å²) in [7, 11) is -1.50. The van der Waals surface area contributed by atoms with Crippen LogP contribution < -0.4 is 10.0 Å². The van der Waals surface area contributed by atoms with Crippen LogP contribution in [-0.2, 0) is 39.7 Å². The minimum atomic E-state index is -4.52. The third kappa shape index (κ3) is 8.68. The molecule has 0 radical (unpaired) electrons. The van der Waals surface area contributed by atoms with E-state index < -0.39 is 28.1 Å². The van der Waals surface area contributed by atoms with Crippen molar-refractivity contribution in [2.75, 3.05) is 30.7 Å². The van der Waals surface area contributed by atoms with Gasteiger partial charge in [-0.15, -0.1) is 0 Å². The van der Waals surface area contributed by atoms with Crippen LogP contribution in [0, 0.1) is 5.41 Å². The Hall–Kier alpha value is -1.65. The summed E-state index contributed by atoms with van der Waals surface area (Å²) >= 11 is 0. The smallest absolute Gasteiger partial charge is 0.381 e. The fraction of sp³-hybridized carbons (Fsp3) is 0.750. The first-order valence-electron chi connectivity index (χ1n) is 13.9. The van der Waals surface area contributed by atoms with Crippen molar-refractivity contribution in [3.8, 4) is 0 Å². The van der Waals surface area contributed by atoms with Gasteiger partial charge in [-0.1, -0.05) is 41.0 Å². The molecule has 0 aromatic heterocycles. The molecule has 3 aliphatic rings. The average molecular weight is 562 g/mol. The maximum absolute atomic E-state index is 13.5. The molecule has 1 saturated carbocycles. The minimum Gasteiger partial charge on any atom is -0.381 e. The third-order valence-electron chi connectivity index (χ3n) is 7.15. The molecule has 3 atom stereocenters. The number of hydrogen-bond acceptors (Lipinski definition) is 4. The van der Waals surface area contributed by atoms with Gasteiger partial charge in [-0.05, 0) is 61.8 Å². The van der Waals surface area contributed by atoms with E-state index in [0.717, 1.165) is 57.5 Å². The van der Waals surface area contributed by atoms with E-state index in [-0.39, 0.29) is 24.2 Å². The summed E-state index contributed by atoms with van der Waals surface area (Å²) < 4.78 is 60.2. The molecule has 10 heteroatoms. The molecular formula is C28H46F3N3O3S. The Morgan fingerprint density at radius 1 is 1.16 bits per heavy atom. The van der Waals surface area contributed by atoms with Gasteiger partial charge in [-0.2, -0.15) is 13.2 Å². The topological polar surface area (TPSA) is 70.7 Å². The Kier molecular flexibility index (Phi) is 12.6. The van der Waals surface area contributed by atoms with Crippen LogP contribution in [0.5, 0.6) is 0 Å². The van der Waals surface area contributed by atoms with Gasteiger partial charge in [0.05, 0.1) is 11.3 Å². The fourth-order valence-electron chi connectivity index (χ4n) is 5.44.